The second kappa shape index (κ2) is 5.80. The maximum Gasteiger partial charge on any atom is 0.151 e. The van der Waals surface area contributed by atoms with Crippen molar-refractivity contribution in [1.82, 2.24) is 19.7 Å². The molecule has 0 atom stereocenters. The Morgan fingerprint density at radius 2 is 2.30 bits per heavy atom. The predicted octanol–water partition coefficient (Wildman–Crippen LogP) is 3.17. The minimum atomic E-state index is 0.778. The molecule has 0 saturated carbocycles. The molecule has 0 fully saturated rings. The minimum Gasteiger partial charge on any atom is -0.399 e. The van der Waals surface area contributed by atoms with Crippen molar-refractivity contribution in [2.45, 2.75) is 30.0 Å². The Labute approximate surface area is 125 Å². The molecular formula is C13H15N5S2. The first-order chi connectivity index (χ1) is 9.76. The Balaban J connectivity index is 1.74. The van der Waals surface area contributed by atoms with Crippen molar-refractivity contribution < 1.29 is 0 Å². The lowest BCUT2D eigenvalue weighted by molar-refractivity contribution is 0.581. The minimum absolute atomic E-state index is 0.778. The molecule has 3 rings (SSSR count). The van der Waals surface area contributed by atoms with E-state index in [1.165, 1.54) is 0 Å². The summed E-state index contributed by atoms with van der Waals surface area (Å²) in [5.41, 5.74) is 7.57. The lowest BCUT2D eigenvalue weighted by Crippen LogP contribution is -2.03. The van der Waals surface area contributed by atoms with Crippen LogP contribution in [0.25, 0.3) is 10.2 Å². The molecule has 0 radical (unpaired) electrons. The summed E-state index contributed by atoms with van der Waals surface area (Å²) in [6.07, 6.45) is 2.67. The number of nitrogens with two attached hydrogens (primary N) is 1. The third-order valence-electron chi connectivity index (χ3n) is 2.85. The SMILES string of the molecule is CCCn1ncnc1CSc1nc2ccc(N)cc2s1. The molecule has 0 spiro atoms. The van der Waals surface area contributed by atoms with Gasteiger partial charge in [-0.05, 0) is 24.6 Å². The molecule has 0 amide bonds. The van der Waals surface area contributed by atoms with E-state index in [-0.39, 0.29) is 0 Å². The van der Waals surface area contributed by atoms with Gasteiger partial charge in [0, 0.05) is 12.2 Å². The molecular weight excluding hydrogens is 290 g/mol. The fourth-order valence-electron chi connectivity index (χ4n) is 1.91. The number of hydrogen-bond acceptors (Lipinski definition) is 6. The average molecular weight is 305 g/mol. The first kappa shape index (κ1) is 13.4. The molecule has 104 valence electrons. The number of fused-ring (bicyclic) bond motifs is 1. The van der Waals surface area contributed by atoms with Gasteiger partial charge in [-0.3, -0.25) is 0 Å². The highest BCUT2D eigenvalue weighted by molar-refractivity contribution is 8.00. The van der Waals surface area contributed by atoms with Crippen molar-refractivity contribution in [2.24, 2.45) is 0 Å². The molecule has 2 aromatic heterocycles. The van der Waals surface area contributed by atoms with E-state index in [1.54, 1.807) is 29.4 Å². The summed E-state index contributed by atoms with van der Waals surface area (Å²) in [4.78, 5) is 8.90. The highest BCUT2D eigenvalue weighted by atomic mass is 32.2. The molecule has 7 heteroatoms. The van der Waals surface area contributed by atoms with Gasteiger partial charge in [0.15, 0.2) is 4.34 Å². The van der Waals surface area contributed by atoms with Crippen molar-refractivity contribution in [3.8, 4) is 0 Å². The van der Waals surface area contributed by atoms with Crippen molar-refractivity contribution in [3.05, 3.63) is 30.4 Å². The quantitative estimate of drug-likeness (QED) is 0.579. The van der Waals surface area contributed by atoms with Gasteiger partial charge in [-0.1, -0.05) is 18.7 Å². The summed E-state index contributed by atoms with van der Waals surface area (Å²) in [6, 6.07) is 5.82. The number of nitrogens with zero attached hydrogens (tertiary/aromatic N) is 4. The van der Waals surface area contributed by atoms with Crippen molar-refractivity contribution in [1.29, 1.82) is 0 Å². The van der Waals surface area contributed by atoms with E-state index in [9.17, 15) is 0 Å². The monoisotopic (exact) mass is 305 g/mol. The summed E-state index contributed by atoms with van der Waals surface area (Å²) in [6.45, 7) is 3.04. The van der Waals surface area contributed by atoms with E-state index < -0.39 is 0 Å². The molecule has 3 aromatic rings. The van der Waals surface area contributed by atoms with Gasteiger partial charge in [0.05, 0.1) is 16.0 Å². The number of nitrogen functional groups attached to an aromatic ring is 1. The zero-order valence-corrected chi connectivity index (χ0v) is 12.7. The van der Waals surface area contributed by atoms with Gasteiger partial charge in [0.1, 0.15) is 12.2 Å². The largest absolute Gasteiger partial charge is 0.399 e. The molecule has 5 nitrogen and oxygen atoms in total. The number of benzene rings is 1. The Bertz CT molecular complexity index is 718. The number of thiazole rings is 1. The number of anilines is 1. The summed E-state index contributed by atoms with van der Waals surface area (Å²) in [5.74, 6) is 1.78. The second-order valence-corrected chi connectivity index (χ2v) is 6.65. The van der Waals surface area contributed by atoms with Crippen LogP contribution in [0.1, 0.15) is 19.2 Å². The van der Waals surface area contributed by atoms with E-state index >= 15 is 0 Å². The summed E-state index contributed by atoms with van der Waals surface area (Å²) in [5, 5.41) is 4.23. The molecule has 0 aliphatic rings. The maximum absolute atomic E-state index is 5.79. The molecule has 0 unspecified atom stereocenters. The highest BCUT2D eigenvalue weighted by Gasteiger charge is 2.08. The van der Waals surface area contributed by atoms with Crippen LogP contribution in [-0.2, 0) is 12.3 Å². The van der Waals surface area contributed by atoms with Gasteiger partial charge in [-0.2, -0.15) is 5.10 Å². The molecule has 0 aliphatic heterocycles. The molecule has 2 N–H and O–H groups in total. The Morgan fingerprint density at radius 3 is 3.15 bits per heavy atom. The lowest BCUT2D eigenvalue weighted by atomic mass is 10.3. The fourth-order valence-corrected chi connectivity index (χ4v) is 3.97. The highest BCUT2D eigenvalue weighted by Crippen LogP contribution is 2.32. The molecule has 1 aromatic carbocycles. The second-order valence-electron chi connectivity index (χ2n) is 4.40. The average Bonchev–Trinajstić information content (AvgIpc) is 3.02. The molecule has 0 bridgehead atoms. The standard InChI is InChI=1S/C13H15N5S2/c1-2-5-18-12(15-8-16-18)7-19-13-17-10-4-3-9(14)6-11(10)20-13/h3-4,6,8H,2,5,7,14H2,1H3. The predicted molar refractivity (Wildman–Crippen MR) is 83.9 cm³/mol. The molecule has 0 saturated heterocycles. The zero-order valence-electron chi connectivity index (χ0n) is 11.1. The summed E-state index contributed by atoms with van der Waals surface area (Å²) < 4.78 is 4.12. The zero-order chi connectivity index (χ0) is 13.9. The van der Waals surface area contributed by atoms with Crippen LogP contribution >= 0.6 is 23.1 Å². The first-order valence-corrected chi connectivity index (χ1v) is 8.22. The van der Waals surface area contributed by atoms with Crippen molar-refractivity contribution in [3.63, 3.8) is 0 Å². The van der Waals surface area contributed by atoms with E-state index in [4.69, 9.17) is 5.73 Å². The van der Waals surface area contributed by atoms with Crippen LogP contribution in [0.15, 0.2) is 28.9 Å². The van der Waals surface area contributed by atoms with Gasteiger partial charge >= 0.3 is 0 Å². The van der Waals surface area contributed by atoms with Crippen molar-refractivity contribution >= 4 is 39.0 Å². The smallest absolute Gasteiger partial charge is 0.151 e. The fraction of sp³-hybridized carbons (Fsp3) is 0.308. The van der Waals surface area contributed by atoms with E-state index in [0.717, 1.165) is 44.8 Å². The Morgan fingerprint density at radius 1 is 1.40 bits per heavy atom. The van der Waals surface area contributed by atoms with E-state index in [2.05, 4.69) is 22.0 Å². The van der Waals surface area contributed by atoms with Gasteiger partial charge in [0.25, 0.3) is 0 Å². The van der Waals surface area contributed by atoms with Crippen LogP contribution < -0.4 is 5.73 Å². The van der Waals surface area contributed by atoms with Gasteiger partial charge in [-0.15, -0.1) is 11.3 Å². The molecule has 20 heavy (non-hydrogen) atoms. The van der Waals surface area contributed by atoms with Gasteiger partial charge < -0.3 is 5.73 Å². The number of thioether (sulfide) groups is 1. The van der Waals surface area contributed by atoms with E-state index in [0.29, 0.717) is 0 Å². The molecule has 0 aliphatic carbocycles. The van der Waals surface area contributed by atoms with Crippen LogP contribution in [-0.4, -0.2) is 19.7 Å². The topological polar surface area (TPSA) is 69.6 Å². The summed E-state index contributed by atoms with van der Waals surface area (Å²) in [7, 11) is 0. The third-order valence-corrected chi connectivity index (χ3v) is 5.01. The first-order valence-electron chi connectivity index (χ1n) is 6.42. The van der Waals surface area contributed by atoms with Crippen LogP contribution in [0, 0.1) is 0 Å². The molecule has 2 heterocycles. The lowest BCUT2D eigenvalue weighted by Gasteiger charge is -2.02. The van der Waals surface area contributed by atoms with Crippen LogP contribution in [0.4, 0.5) is 5.69 Å². The normalized spacial score (nSPS) is 11.2. The number of aryl methyl sites for hydroxylation is 1. The van der Waals surface area contributed by atoms with E-state index in [1.807, 2.05) is 22.9 Å². The maximum atomic E-state index is 5.79. The summed E-state index contributed by atoms with van der Waals surface area (Å²) >= 11 is 3.36. The van der Waals surface area contributed by atoms with Crippen LogP contribution in [0.2, 0.25) is 0 Å². The van der Waals surface area contributed by atoms with Gasteiger partial charge in [-0.25, -0.2) is 14.6 Å². The number of aromatic nitrogens is 4. The third kappa shape index (κ3) is 2.78. The number of rotatable bonds is 5. The van der Waals surface area contributed by atoms with Gasteiger partial charge in [0.2, 0.25) is 0 Å². The Hall–Kier alpha value is -1.60. The van der Waals surface area contributed by atoms with Crippen LogP contribution in [0.5, 0.6) is 0 Å². The van der Waals surface area contributed by atoms with Crippen LogP contribution in [0.3, 0.4) is 0 Å². The van der Waals surface area contributed by atoms with Crippen molar-refractivity contribution in [2.75, 3.05) is 5.73 Å². The Kier molecular flexibility index (Phi) is 3.88. The number of hydrogen-bond donors (Lipinski definition) is 1.